The number of hydrogen-bond acceptors (Lipinski definition) is 3. The van der Waals surface area contributed by atoms with E-state index in [0.717, 1.165) is 5.69 Å². The first-order chi connectivity index (χ1) is 8.11. The summed E-state index contributed by atoms with van der Waals surface area (Å²) in [7, 11) is 0. The van der Waals surface area contributed by atoms with Gasteiger partial charge in [0.25, 0.3) is 5.82 Å². The Balaban J connectivity index is 2.50. The molecular formula is C11H10ClN3O2. The standard InChI is InChI=1S/C11H10ClN3O2/c1-2-9-13-10(11(16)17)14-15(9)8-5-3-7(12)4-6-8/h3-6H,2H2,1H3,(H,16,17). The number of hydrogen-bond donors (Lipinski definition) is 1. The topological polar surface area (TPSA) is 68.0 Å². The third-order valence-electron chi connectivity index (χ3n) is 2.25. The predicted octanol–water partition coefficient (Wildman–Crippen LogP) is 2.18. The monoisotopic (exact) mass is 251 g/mol. The Hall–Kier alpha value is -1.88. The van der Waals surface area contributed by atoms with Crippen LogP contribution in [-0.4, -0.2) is 25.8 Å². The number of carbonyl (C=O) groups is 1. The summed E-state index contributed by atoms with van der Waals surface area (Å²) in [6, 6.07) is 6.97. The highest BCUT2D eigenvalue weighted by atomic mass is 35.5. The number of carboxylic acids is 1. The van der Waals surface area contributed by atoms with E-state index in [1.54, 1.807) is 24.3 Å². The molecule has 0 radical (unpaired) electrons. The number of halogens is 1. The van der Waals surface area contributed by atoms with Crippen molar-refractivity contribution in [3.05, 3.63) is 40.9 Å². The van der Waals surface area contributed by atoms with Gasteiger partial charge in [-0.25, -0.2) is 14.5 Å². The second-order valence-electron chi connectivity index (χ2n) is 3.40. The molecule has 0 aliphatic carbocycles. The average Bonchev–Trinajstić information content (AvgIpc) is 2.74. The summed E-state index contributed by atoms with van der Waals surface area (Å²) in [4.78, 5) is 14.8. The van der Waals surface area contributed by atoms with Gasteiger partial charge < -0.3 is 5.11 Å². The van der Waals surface area contributed by atoms with E-state index in [1.165, 1.54) is 4.68 Å². The molecule has 0 saturated carbocycles. The van der Waals surface area contributed by atoms with Crippen molar-refractivity contribution in [1.82, 2.24) is 14.8 Å². The van der Waals surface area contributed by atoms with E-state index in [9.17, 15) is 4.79 Å². The first-order valence-electron chi connectivity index (χ1n) is 5.07. The van der Waals surface area contributed by atoms with Crippen LogP contribution in [0.3, 0.4) is 0 Å². The van der Waals surface area contributed by atoms with Gasteiger partial charge in [-0.05, 0) is 24.3 Å². The molecule has 1 heterocycles. The Bertz CT molecular complexity index is 548. The first-order valence-corrected chi connectivity index (χ1v) is 5.44. The van der Waals surface area contributed by atoms with Crippen molar-refractivity contribution < 1.29 is 9.90 Å². The smallest absolute Gasteiger partial charge is 0.375 e. The summed E-state index contributed by atoms with van der Waals surface area (Å²) in [5, 5.41) is 13.4. The summed E-state index contributed by atoms with van der Waals surface area (Å²) in [5.41, 5.74) is 0.742. The molecule has 1 N–H and O–H groups in total. The highest BCUT2D eigenvalue weighted by Crippen LogP contribution is 2.14. The highest BCUT2D eigenvalue weighted by Gasteiger charge is 2.14. The zero-order valence-electron chi connectivity index (χ0n) is 9.09. The van der Waals surface area contributed by atoms with Crippen LogP contribution < -0.4 is 0 Å². The SMILES string of the molecule is CCc1nc(C(=O)O)nn1-c1ccc(Cl)cc1. The van der Waals surface area contributed by atoms with Gasteiger partial charge in [0.05, 0.1) is 5.69 Å². The minimum atomic E-state index is -1.13. The third kappa shape index (κ3) is 2.29. The molecule has 1 aromatic carbocycles. The average molecular weight is 252 g/mol. The van der Waals surface area contributed by atoms with Crippen molar-refractivity contribution in [2.24, 2.45) is 0 Å². The number of nitrogens with zero attached hydrogens (tertiary/aromatic N) is 3. The second-order valence-corrected chi connectivity index (χ2v) is 3.83. The molecule has 0 unspecified atom stereocenters. The van der Waals surface area contributed by atoms with Gasteiger partial charge in [0.2, 0.25) is 0 Å². The number of benzene rings is 1. The van der Waals surface area contributed by atoms with Gasteiger partial charge in [-0.15, -0.1) is 5.10 Å². The molecule has 0 amide bonds. The van der Waals surface area contributed by atoms with Crippen LogP contribution in [0, 0.1) is 0 Å². The van der Waals surface area contributed by atoms with Crippen molar-refractivity contribution in [3.63, 3.8) is 0 Å². The van der Waals surface area contributed by atoms with Gasteiger partial charge in [0.15, 0.2) is 0 Å². The van der Waals surface area contributed by atoms with Gasteiger partial charge >= 0.3 is 5.97 Å². The van der Waals surface area contributed by atoms with E-state index < -0.39 is 5.97 Å². The Kier molecular flexibility index (Phi) is 3.10. The maximum atomic E-state index is 10.8. The van der Waals surface area contributed by atoms with Crippen LogP contribution in [0.4, 0.5) is 0 Å². The normalized spacial score (nSPS) is 10.5. The van der Waals surface area contributed by atoms with Crippen molar-refractivity contribution >= 4 is 17.6 Å². The maximum absolute atomic E-state index is 10.8. The molecule has 0 bridgehead atoms. The maximum Gasteiger partial charge on any atom is 0.375 e. The number of aromatic carboxylic acids is 1. The lowest BCUT2D eigenvalue weighted by Gasteiger charge is -2.03. The Labute approximate surface area is 103 Å². The fraction of sp³-hybridized carbons (Fsp3) is 0.182. The Morgan fingerprint density at radius 1 is 1.41 bits per heavy atom. The van der Waals surface area contributed by atoms with Gasteiger partial charge in [-0.2, -0.15) is 0 Å². The number of aromatic nitrogens is 3. The molecule has 2 rings (SSSR count). The van der Waals surface area contributed by atoms with Crippen LogP contribution in [0.1, 0.15) is 23.4 Å². The number of rotatable bonds is 3. The quantitative estimate of drug-likeness (QED) is 0.908. The van der Waals surface area contributed by atoms with E-state index >= 15 is 0 Å². The van der Waals surface area contributed by atoms with Crippen LogP contribution in [-0.2, 0) is 6.42 Å². The van der Waals surface area contributed by atoms with Gasteiger partial charge in [-0.3, -0.25) is 0 Å². The van der Waals surface area contributed by atoms with Crippen LogP contribution in [0.5, 0.6) is 0 Å². The molecule has 5 nitrogen and oxygen atoms in total. The third-order valence-corrected chi connectivity index (χ3v) is 2.50. The summed E-state index contributed by atoms with van der Waals surface area (Å²) in [6.07, 6.45) is 0.600. The van der Waals surface area contributed by atoms with E-state index in [2.05, 4.69) is 10.1 Å². The van der Waals surface area contributed by atoms with Crippen LogP contribution in [0.2, 0.25) is 5.02 Å². The van der Waals surface area contributed by atoms with Crippen molar-refractivity contribution in [2.45, 2.75) is 13.3 Å². The molecule has 17 heavy (non-hydrogen) atoms. The van der Waals surface area contributed by atoms with Crippen molar-refractivity contribution in [2.75, 3.05) is 0 Å². The fourth-order valence-corrected chi connectivity index (χ4v) is 1.58. The van der Waals surface area contributed by atoms with E-state index in [4.69, 9.17) is 16.7 Å². The number of aryl methyl sites for hydroxylation is 1. The molecule has 0 spiro atoms. The molecule has 0 aliphatic heterocycles. The molecule has 0 fully saturated rings. The van der Waals surface area contributed by atoms with Gasteiger partial charge in [-0.1, -0.05) is 18.5 Å². The summed E-state index contributed by atoms with van der Waals surface area (Å²) < 4.78 is 1.51. The summed E-state index contributed by atoms with van der Waals surface area (Å²) in [5.74, 6) is -0.728. The van der Waals surface area contributed by atoms with Gasteiger partial charge in [0.1, 0.15) is 5.82 Å². The van der Waals surface area contributed by atoms with Crippen molar-refractivity contribution in [1.29, 1.82) is 0 Å². The van der Waals surface area contributed by atoms with Crippen LogP contribution in [0.15, 0.2) is 24.3 Å². The van der Waals surface area contributed by atoms with E-state index in [1.807, 2.05) is 6.92 Å². The summed E-state index contributed by atoms with van der Waals surface area (Å²) >= 11 is 5.79. The molecule has 88 valence electrons. The molecule has 0 aliphatic rings. The van der Waals surface area contributed by atoms with E-state index in [-0.39, 0.29) is 5.82 Å². The molecule has 0 atom stereocenters. The zero-order chi connectivity index (χ0) is 12.4. The Morgan fingerprint density at radius 3 is 2.59 bits per heavy atom. The van der Waals surface area contributed by atoms with Gasteiger partial charge in [0, 0.05) is 11.4 Å². The van der Waals surface area contributed by atoms with Crippen LogP contribution >= 0.6 is 11.6 Å². The summed E-state index contributed by atoms with van der Waals surface area (Å²) in [6.45, 7) is 1.89. The lowest BCUT2D eigenvalue weighted by molar-refractivity contribution is 0.0683. The largest absolute Gasteiger partial charge is 0.475 e. The number of carboxylic acid groups (broad SMARTS) is 1. The fourth-order valence-electron chi connectivity index (χ4n) is 1.45. The molecule has 1 aromatic heterocycles. The minimum absolute atomic E-state index is 0.197. The Morgan fingerprint density at radius 2 is 2.06 bits per heavy atom. The molecule has 2 aromatic rings. The first kappa shape index (κ1) is 11.6. The second kappa shape index (κ2) is 4.55. The molecular weight excluding hydrogens is 242 g/mol. The van der Waals surface area contributed by atoms with Crippen molar-refractivity contribution in [3.8, 4) is 5.69 Å². The lowest BCUT2D eigenvalue weighted by Crippen LogP contribution is -2.03. The zero-order valence-corrected chi connectivity index (χ0v) is 9.85. The molecule has 0 saturated heterocycles. The lowest BCUT2D eigenvalue weighted by atomic mass is 10.3. The molecule has 6 heteroatoms. The van der Waals surface area contributed by atoms with Crippen LogP contribution in [0.25, 0.3) is 5.69 Å². The highest BCUT2D eigenvalue weighted by molar-refractivity contribution is 6.30. The predicted molar refractivity (Wildman–Crippen MR) is 62.7 cm³/mol. The van der Waals surface area contributed by atoms with E-state index in [0.29, 0.717) is 17.3 Å². The minimum Gasteiger partial charge on any atom is -0.475 e.